The average Bonchev–Trinajstić information content (AvgIpc) is 2.28. The molecule has 1 aromatic rings. The SMILES string of the molecule is CCc1ccc(OC)c(CC(=O)CCl)c1. The third-order valence-corrected chi connectivity index (χ3v) is 2.59. The summed E-state index contributed by atoms with van der Waals surface area (Å²) >= 11 is 5.48. The van der Waals surface area contributed by atoms with Gasteiger partial charge in [-0.3, -0.25) is 4.79 Å². The van der Waals surface area contributed by atoms with Crippen LogP contribution in [0.3, 0.4) is 0 Å². The first-order chi connectivity index (χ1) is 7.21. The summed E-state index contributed by atoms with van der Waals surface area (Å²) in [5.41, 5.74) is 2.12. The minimum Gasteiger partial charge on any atom is -0.496 e. The van der Waals surface area contributed by atoms with Gasteiger partial charge in [-0.1, -0.05) is 19.1 Å². The van der Waals surface area contributed by atoms with Crippen LogP contribution in [0, 0.1) is 0 Å². The normalized spacial score (nSPS) is 10.1. The quantitative estimate of drug-likeness (QED) is 0.722. The third-order valence-electron chi connectivity index (χ3n) is 2.29. The van der Waals surface area contributed by atoms with Crippen molar-refractivity contribution in [3.8, 4) is 5.75 Å². The molecule has 0 bridgehead atoms. The molecule has 1 rings (SSSR count). The van der Waals surface area contributed by atoms with E-state index in [2.05, 4.69) is 6.92 Å². The molecule has 0 amide bonds. The molecule has 0 spiro atoms. The zero-order chi connectivity index (χ0) is 11.3. The second-order valence-corrected chi connectivity index (χ2v) is 3.62. The minimum atomic E-state index is 0.0169. The van der Waals surface area contributed by atoms with Crippen LogP contribution in [0.25, 0.3) is 0 Å². The predicted molar refractivity (Wildman–Crippen MR) is 61.8 cm³/mol. The van der Waals surface area contributed by atoms with E-state index in [1.165, 1.54) is 5.56 Å². The van der Waals surface area contributed by atoms with E-state index >= 15 is 0 Å². The number of hydrogen-bond acceptors (Lipinski definition) is 2. The molecule has 2 nitrogen and oxygen atoms in total. The maximum Gasteiger partial charge on any atom is 0.152 e. The van der Waals surface area contributed by atoms with Gasteiger partial charge in [-0.15, -0.1) is 11.6 Å². The standard InChI is InChI=1S/C12H15ClO2/c1-3-9-4-5-12(15-2)10(6-9)7-11(14)8-13/h4-6H,3,7-8H2,1-2H3. The number of carbonyl (C=O) groups excluding carboxylic acids is 1. The second kappa shape index (κ2) is 5.76. The number of ketones is 1. The van der Waals surface area contributed by atoms with Gasteiger partial charge < -0.3 is 4.74 Å². The van der Waals surface area contributed by atoms with Crippen molar-refractivity contribution in [2.45, 2.75) is 19.8 Å². The molecule has 0 heterocycles. The summed E-state index contributed by atoms with van der Waals surface area (Å²) in [4.78, 5) is 11.3. The first kappa shape index (κ1) is 12.1. The Morgan fingerprint density at radius 2 is 2.20 bits per heavy atom. The Kier molecular flexibility index (Phi) is 4.63. The molecule has 0 unspecified atom stereocenters. The van der Waals surface area contributed by atoms with Gasteiger partial charge in [0.25, 0.3) is 0 Å². The van der Waals surface area contributed by atoms with Crippen LogP contribution in [0.4, 0.5) is 0 Å². The highest BCUT2D eigenvalue weighted by Gasteiger charge is 2.08. The van der Waals surface area contributed by atoms with E-state index in [1.807, 2.05) is 18.2 Å². The molecule has 0 radical (unpaired) electrons. The fourth-order valence-corrected chi connectivity index (χ4v) is 1.54. The second-order valence-electron chi connectivity index (χ2n) is 3.35. The Balaban J connectivity index is 2.95. The predicted octanol–water partition coefficient (Wildman–Crippen LogP) is 2.61. The molecule has 15 heavy (non-hydrogen) atoms. The zero-order valence-corrected chi connectivity index (χ0v) is 9.80. The number of Topliss-reactive ketones (excluding diaryl/α,β-unsaturated/α-hetero) is 1. The van der Waals surface area contributed by atoms with Gasteiger partial charge in [0.05, 0.1) is 13.0 Å². The largest absolute Gasteiger partial charge is 0.496 e. The molecule has 3 heteroatoms. The first-order valence-corrected chi connectivity index (χ1v) is 5.48. The summed E-state index contributed by atoms with van der Waals surface area (Å²) in [7, 11) is 1.61. The van der Waals surface area contributed by atoms with Crippen LogP contribution in [0.5, 0.6) is 5.75 Å². The Bertz CT molecular complexity index is 347. The van der Waals surface area contributed by atoms with Crippen molar-refractivity contribution in [2.75, 3.05) is 13.0 Å². The maximum absolute atomic E-state index is 11.3. The lowest BCUT2D eigenvalue weighted by atomic mass is 10.0. The van der Waals surface area contributed by atoms with Crippen molar-refractivity contribution in [3.05, 3.63) is 29.3 Å². The molecular formula is C12H15ClO2. The Labute approximate surface area is 95.2 Å². The number of carbonyl (C=O) groups is 1. The smallest absolute Gasteiger partial charge is 0.152 e. The first-order valence-electron chi connectivity index (χ1n) is 4.94. The Hall–Kier alpha value is -1.02. The van der Waals surface area contributed by atoms with Crippen LogP contribution in [-0.2, 0) is 17.6 Å². The van der Waals surface area contributed by atoms with E-state index < -0.39 is 0 Å². The third kappa shape index (κ3) is 3.24. The molecule has 0 fully saturated rings. The summed E-state index contributed by atoms with van der Waals surface area (Å²) in [6.45, 7) is 2.08. The van der Waals surface area contributed by atoms with Crippen molar-refractivity contribution in [1.29, 1.82) is 0 Å². The Morgan fingerprint density at radius 3 is 2.73 bits per heavy atom. The van der Waals surface area contributed by atoms with Crippen LogP contribution >= 0.6 is 11.6 Å². The Morgan fingerprint density at radius 1 is 1.47 bits per heavy atom. The highest BCUT2D eigenvalue weighted by atomic mass is 35.5. The lowest BCUT2D eigenvalue weighted by Crippen LogP contribution is -2.05. The lowest BCUT2D eigenvalue weighted by Gasteiger charge is -2.08. The van der Waals surface area contributed by atoms with E-state index in [-0.39, 0.29) is 11.7 Å². The van der Waals surface area contributed by atoms with Crippen molar-refractivity contribution in [1.82, 2.24) is 0 Å². The molecule has 1 aromatic carbocycles. The summed E-state index contributed by atoms with van der Waals surface area (Å²) < 4.78 is 5.19. The van der Waals surface area contributed by atoms with E-state index in [0.29, 0.717) is 6.42 Å². The minimum absolute atomic E-state index is 0.0169. The number of benzene rings is 1. The topological polar surface area (TPSA) is 26.3 Å². The number of halogens is 1. The van der Waals surface area contributed by atoms with Gasteiger partial charge >= 0.3 is 0 Å². The maximum atomic E-state index is 11.3. The summed E-state index contributed by atoms with van der Waals surface area (Å²) in [5, 5.41) is 0. The van der Waals surface area contributed by atoms with Crippen LogP contribution < -0.4 is 4.74 Å². The summed E-state index contributed by atoms with van der Waals surface area (Å²) in [6, 6.07) is 5.91. The van der Waals surface area contributed by atoms with Gasteiger partial charge in [-0.25, -0.2) is 0 Å². The van der Waals surface area contributed by atoms with Crippen LogP contribution in [-0.4, -0.2) is 18.8 Å². The van der Waals surface area contributed by atoms with Crippen LogP contribution in [0.2, 0.25) is 0 Å². The number of aryl methyl sites for hydroxylation is 1. The summed E-state index contributed by atoms with van der Waals surface area (Å²) in [5.74, 6) is 0.827. The number of alkyl halides is 1. The number of ether oxygens (including phenoxy) is 1. The van der Waals surface area contributed by atoms with Crippen molar-refractivity contribution in [2.24, 2.45) is 0 Å². The number of methoxy groups -OCH3 is 1. The molecule has 0 aromatic heterocycles. The molecular weight excluding hydrogens is 212 g/mol. The van der Waals surface area contributed by atoms with E-state index in [4.69, 9.17) is 16.3 Å². The van der Waals surface area contributed by atoms with E-state index in [9.17, 15) is 4.79 Å². The number of rotatable bonds is 5. The molecule has 82 valence electrons. The van der Waals surface area contributed by atoms with Crippen LogP contribution in [0.15, 0.2) is 18.2 Å². The van der Waals surface area contributed by atoms with E-state index in [1.54, 1.807) is 7.11 Å². The molecule has 0 saturated heterocycles. The van der Waals surface area contributed by atoms with Gasteiger partial charge in [0.1, 0.15) is 5.75 Å². The van der Waals surface area contributed by atoms with Gasteiger partial charge in [0.2, 0.25) is 0 Å². The van der Waals surface area contributed by atoms with Crippen molar-refractivity contribution >= 4 is 17.4 Å². The van der Waals surface area contributed by atoms with E-state index in [0.717, 1.165) is 17.7 Å². The molecule has 0 aliphatic rings. The van der Waals surface area contributed by atoms with Gasteiger partial charge in [-0.2, -0.15) is 0 Å². The molecule has 0 aliphatic heterocycles. The van der Waals surface area contributed by atoms with Crippen LogP contribution in [0.1, 0.15) is 18.1 Å². The highest BCUT2D eigenvalue weighted by Crippen LogP contribution is 2.21. The van der Waals surface area contributed by atoms with Gasteiger partial charge in [0.15, 0.2) is 5.78 Å². The van der Waals surface area contributed by atoms with Gasteiger partial charge in [0, 0.05) is 12.0 Å². The van der Waals surface area contributed by atoms with Crippen molar-refractivity contribution in [3.63, 3.8) is 0 Å². The molecule has 0 atom stereocenters. The average molecular weight is 227 g/mol. The fourth-order valence-electron chi connectivity index (χ4n) is 1.45. The molecule has 0 saturated carbocycles. The van der Waals surface area contributed by atoms with Crippen molar-refractivity contribution < 1.29 is 9.53 Å². The highest BCUT2D eigenvalue weighted by molar-refractivity contribution is 6.27. The summed E-state index contributed by atoms with van der Waals surface area (Å²) in [6.07, 6.45) is 1.30. The fraction of sp³-hybridized carbons (Fsp3) is 0.417. The lowest BCUT2D eigenvalue weighted by molar-refractivity contribution is -0.116. The monoisotopic (exact) mass is 226 g/mol. The zero-order valence-electron chi connectivity index (χ0n) is 9.05. The molecule has 0 N–H and O–H groups in total. The van der Waals surface area contributed by atoms with Gasteiger partial charge in [-0.05, 0) is 18.1 Å². The number of hydrogen-bond donors (Lipinski definition) is 0. The molecule has 0 aliphatic carbocycles.